The number of rotatable bonds is 3. The Morgan fingerprint density at radius 1 is 1.06 bits per heavy atom. The van der Waals surface area contributed by atoms with E-state index in [1.54, 1.807) is 29.4 Å². The largest absolute Gasteiger partial charge is 0.330 e. The zero-order chi connectivity index (χ0) is 21.4. The molecule has 1 aliphatic heterocycles. The third kappa shape index (κ3) is 3.92. The molecule has 2 aromatic carbocycles. The highest BCUT2D eigenvalue weighted by molar-refractivity contribution is 7.27. The van der Waals surface area contributed by atoms with Gasteiger partial charge in [-0.3, -0.25) is 4.90 Å². The van der Waals surface area contributed by atoms with Crippen LogP contribution in [0.25, 0.3) is 11.4 Å². The molecular weight excluding hydrogens is 410 g/mol. The van der Waals surface area contributed by atoms with E-state index in [2.05, 4.69) is 48.8 Å². The number of aromatic nitrogens is 2. The first-order valence-corrected chi connectivity index (χ1v) is 11.1. The van der Waals surface area contributed by atoms with E-state index >= 15 is 0 Å². The molecule has 1 saturated carbocycles. The number of anilines is 1. The molecule has 1 unspecified atom stereocenters. The zero-order valence-corrected chi connectivity index (χ0v) is 18.2. The highest BCUT2D eigenvalue weighted by Crippen LogP contribution is 2.41. The van der Waals surface area contributed by atoms with Crippen LogP contribution in [0.4, 0.5) is 14.9 Å². The van der Waals surface area contributed by atoms with Crippen LogP contribution in [0.15, 0.2) is 60.9 Å². The first-order chi connectivity index (χ1) is 15.0. The Labute approximate surface area is 183 Å². The molecule has 2 aliphatic rings. The number of carbonyl (C=O) groups excluding carboxylic acids is 1. The van der Waals surface area contributed by atoms with Crippen LogP contribution in [-0.2, 0) is 0 Å². The highest BCUT2D eigenvalue weighted by atomic mass is 31.0. The van der Waals surface area contributed by atoms with Gasteiger partial charge in [0.25, 0.3) is 0 Å². The second-order valence-electron chi connectivity index (χ2n) is 8.48. The van der Waals surface area contributed by atoms with Crippen molar-refractivity contribution in [2.75, 3.05) is 11.4 Å². The Morgan fingerprint density at radius 3 is 2.45 bits per heavy atom. The highest BCUT2D eigenvalue weighted by Gasteiger charge is 2.45. The lowest BCUT2D eigenvalue weighted by molar-refractivity contribution is 0.231. The first-order valence-electron chi connectivity index (χ1n) is 10.6. The van der Waals surface area contributed by atoms with Gasteiger partial charge in [0.15, 0.2) is 5.82 Å². The number of nitrogens with one attached hydrogen (secondary N) is 1. The maximum absolute atomic E-state index is 13.8. The van der Waals surface area contributed by atoms with Crippen LogP contribution >= 0.6 is 9.24 Å². The molecule has 3 aromatic rings. The maximum Gasteiger partial charge on any atom is 0.322 e. The Morgan fingerprint density at radius 2 is 1.77 bits per heavy atom. The third-order valence-electron chi connectivity index (χ3n) is 6.50. The summed E-state index contributed by atoms with van der Waals surface area (Å²) in [7, 11) is 2.36. The molecule has 0 radical (unpaired) electrons. The van der Waals surface area contributed by atoms with Gasteiger partial charge in [-0.2, -0.15) is 0 Å². The summed E-state index contributed by atoms with van der Waals surface area (Å²) >= 11 is 0. The van der Waals surface area contributed by atoms with E-state index < -0.39 is 0 Å². The van der Waals surface area contributed by atoms with Crippen LogP contribution in [-0.4, -0.2) is 28.1 Å². The van der Waals surface area contributed by atoms with Crippen molar-refractivity contribution in [1.82, 2.24) is 15.3 Å². The van der Waals surface area contributed by atoms with Crippen LogP contribution in [0, 0.1) is 5.82 Å². The summed E-state index contributed by atoms with van der Waals surface area (Å²) in [6.45, 7) is 0.617. The predicted molar refractivity (Wildman–Crippen MR) is 123 cm³/mol. The number of hydrogen-bond donors (Lipinski definition) is 1. The van der Waals surface area contributed by atoms with Gasteiger partial charge in [-0.05, 0) is 43.2 Å². The average molecular weight is 434 g/mol. The molecule has 1 saturated heterocycles. The number of benzene rings is 2. The van der Waals surface area contributed by atoms with Gasteiger partial charge in [-0.25, -0.2) is 19.2 Å². The normalized spacial score (nSPS) is 23.2. The quantitative estimate of drug-likeness (QED) is 0.622. The van der Waals surface area contributed by atoms with Gasteiger partial charge in [0, 0.05) is 10.9 Å². The van der Waals surface area contributed by atoms with E-state index in [0.717, 1.165) is 25.7 Å². The third-order valence-corrected chi connectivity index (χ3v) is 6.97. The summed E-state index contributed by atoms with van der Waals surface area (Å²) in [5, 5.41) is 3.73. The van der Waals surface area contributed by atoms with Crippen molar-refractivity contribution >= 4 is 26.3 Å². The lowest BCUT2D eigenvalue weighted by atomic mass is 9.74. The predicted octanol–water partition coefficient (Wildman–Crippen LogP) is 4.41. The van der Waals surface area contributed by atoms with Gasteiger partial charge >= 0.3 is 6.03 Å². The number of carbonyl (C=O) groups is 1. The lowest BCUT2D eigenvalue weighted by Gasteiger charge is -2.36. The molecule has 7 heteroatoms. The number of halogens is 1. The second kappa shape index (κ2) is 8.01. The number of amides is 2. The Kier molecular flexibility index (Phi) is 5.19. The second-order valence-corrected chi connectivity index (χ2v) is 9.10. The molecule has 2 amide bonds. The molecule has 2 fully saturated rings. The minimum Gasteiger partial charge on any atom is -0.330 e. The minimum absolute atomic E-state index is 0.104. The number of urea groups is 1. The molecule has 158 valence electrons. The fourth-order valence-electron chi connectivity index (χ4n) is 4.70. The van der Waals surface area contributed by atoms with Gasteiger partial charge in [-0.1, -0.05) is 42.5 Å². The molecule has 31 heavy (non-hydrogen) atoms. The molecule has 0 bridgehead atoms. The minimum atomic E-state index is -0.317. The maximum atomic E-state index is 13.8. The monoisotopic (exact) mass is 434 g/mol. The number of nitrogens with zero attached hydrogens (tertiary/aromatic N) is 3. The van der Waals surface area contributed by atoms with Crippen molar-refractivity contribution in [2.45, 2.75) is 37.1 Å². The Balaban J connectivity index is 1.29. The fraction of sp³-hybridized carbons (Fsp3) is 0.292. The van der Waals surface area contributed by atoms with Crippen LogP contribution in [0.5, 0.6) is 0 Å². The average Bonchev–Trinajstić information content (AvgIpc) is 3.12. The van der Waals surface area contributed by atoms with Crippen molar-refractivity contribution in [3.63, 3.8) is 0 Å². The SMILES string of the molecule is O=C1NC2(CCC(c3ccccc3)CC2)CN1c1cnc(-c2ccc(P)c(F)c2)nc1. The van der Waals surface area contributed by atoms with Crippen molar-refractivity contribution in [3.05, 3.63) is 72.3 Å². The zero-order valence-electron chi connectivity index (χ0n) is 17.1. The molecular formula is C24H24FN4OP. The molecule has 5 nitrogen and oxygen atoms in total. The molecule has 1 spiro atoms. The van der Waals surface area contributed by atoms with Gasteiger partial charge in [0.2, 0.25) is 0 Å². The first kappa shape index (κ1) is 20.1. The Bertz CT molecular complexity index is 1100. The lowest BCUT2D eigenvalue weighted by Crippen LogP contribution is -2.46. The van der Waals surface area contributed by atoms with Gasteiger partial charge in [0.1, 0.15) is 5.82 Å². The fourth-order valence-corrected chi connectivity index (χ4v) is 4.88. The van der Waals surface area contributed by atoms with Crippen LogP contribution < -0.4 is 15.5 Å². The molecule has 5 rings (SSSR count). The van der Waals surface area contributed by atoms with Crippen molar-refractivity contribution in [2.24, 2.45) is 0 Å². The van der Waals surface area contributed by atoms with Gasteiger partial charge in [-0.15, -0.1) is 9.24 Å². The van der Waals surface area contributed by atoms with Gasteiger partial charge < -0.3 is 5.32 Å². The summed E-state index contributed by atoms with van der Waals surface area (Å²) in [5.41, 5.74) is 2.45. The summed E-state index contributed by atoms with van der Waals surface area (Å²) < 4.78 is 13.8. The van der Waals surface area contributed by atoms with Crippen molar-refractivity contribution < 1.29 is 9.18 Å². The van der Waals surface area contributed by atoms with Crippen molar-refractivity contribution in [1.29, 1.82) is 0 Å². The van der Waals surface area contributed by atoms with E-state index in [1.807, 2.05) is 6.07 Å². The van der Waals surface area contributed by atoms with Crippen LogP contribution in [0.2, 0.25) is 0 Å². The van der Waals surface area contributed by atoms with Crippen LogP contribution in [0.3, 0.4) is 0 Å². The molecule has 2 heterocycles. The molecule has 1 aromatic heterocycles. The molecule has 1 aliphatic carbocycles. The summed E-state index contributed by atoms with van der Waals surface area (Å²) in [6.07, 6.45) is 7.31. The topological polar surface area (TPSA) is 58.1 Å². The van der Waals surface area contributed by atoms with Gasteiger partial charge in [0.05, 0.1) is 30.2 Å². The van der Waals surface area contributed by atoms with E-state index in [1.165, 1.54) is 11.6 Å². The summed E-state index contributed by atoms with van der Waals surface area (Å²) in [4.78, 5) is 23.2. The molecule has 1 N–H and O–H groups in total. The summed E-state index contributed by atoms with van der Waals surface area (Å²) in [6, 6.07) is 15.4. The standard InChI is InChI=1S/C24H24FN4OP/c25-20-12-18(6-7-21(20)31)22-26-13-19(14-27-22)29-15-24(28-23(29)30)10-8-17(9-11-24)16-4-2-1-3-5-16/h1-7,12-14,17H,8-11,15,31H2,(H,28,30). The van der Waals surface area contributed by atoms with E-state index in [4.69, 9.17) is 0 Å². The van der Waals surface area contributed by atoms with E-state index in [-0.39, 0.29) is 17.4 Å². The van der Waals surface area contributed by atoms with Crippen LogP contribution in [0.1, 0.15) is 37.2 Å². The number of hydrogen-bond acceptors (Lipinski definition) is 3. The summed E-state index contributed by atoms with van der Waals surface area (Å²) in [5.74, 6) is 0.668. The molecule has 1 atom stereocenters. The smallest absolute Gasteiger partial charge is 0.322 e. The Hall–Kier alpha value is -2.85. The van der Waals surface area contributed by atoms with Crippen molar-refractivity contribution in [3.8, 4) is 11.4 Å². The van der Waals surface area contributed by atoms with E-state index in [0.29, 0.717) is 34.8 Å². The van der Waals surface area contributed by atoms with E-state index in [9.17, 15) is 9.18 Å².